The van der Waals surface area contributed by atoms with Crippen molar-refractivity contribution in [1.82, 2.24) is 9.78 Å². The number of benzene rings is 2. The van der Waals surface area contributed by atoms with Crippen molar-refractivity contribution < 1.29 is 13.5 Å². The van der Waals surface area contributed by atoms with Gasteiger partial charge in [-0.05, 0) is 35.9 Å². The average Bonchev–Trinajstić information content (AvgIpc) is 2.57. The minimum atomic E-state index is -0.502. The van der Waals surface area contributed by atoms with Gasteiger partial charge in [0.25, 0.3) is 5.56 Å². The smallest absolute Gasteiger partial charge is 0.267 e. The minimum Gasteiger partial charge on any atom is -0.497 e. The molecule has 0 atom stereocenters. The Bertz CT molecular complexity index is 938. The molecule has 0 aliphatic carbocycles. The second-order valence-electron chi connectivity index (χ2n) is 5.19. The molecule has 0 bridgehead atoms. The Morgan fingerprint density at radius 3 is 2.62 bits per heavy atom. The third-order valence-electron chi connectivity index (χ3n) is 3.54. The van der Waals surface area contributed by atoms with E-state index in [1.807, 2.05) is 0 Å². The molecule has 0 unspecified atom stereocenters. The van der Waals surface area contributed by atoms with Gasteiger partial charge in [-0.25, -0.2) is 13.5 Å². The van der Waals surface area contributed by atoms with Crippen molar-refractivity contribution in [3.63, 3.8) is 0 Å². The van der Waals surface area contributed by atoms with Crippen molar-refractivity contribution >= 4 is 0 Å². The van der Waals surface area contributed by atoms with E-state index in [0.29, 0.717) is 17.0 Å². The fourth-order valence-corrected chi connectivity index (χ4v) is 2.34. The molecular weight excluding hydrogens is 314 g/mol. The molecule has 3 rings (SSSR count). The maximum absolute atomic E-state index is 14.2. The number of methoxy groups -OCH3 is 1. The molecule has 0 radical (unpaired) electrons. The second-order valence-corrected chi connectivity index (χ2v) is 5.19. The summed E-state index contributed by atoms with van der Waals surface area (Å²) in [4.78, 5) is 12.0. The van der Waals surface area contributed by atoms with E-state index in [2.05, 4.69) is 5.10 Å². The van der Waals surface area contributed by atoms with E-state index in [-0.39, 0.29) is 17.7 Å². The van der Waals surface area contributed by atoms with Gasteiger partial charge in [0.15, 0.2) is 0 Å². The predicted molar refractivity (Wildman–Crippen MR) is 85.9 cm³/mol. The molecule has 24 heavy (non-hydrogen) atoms. The maximum atomic E-state index is 14.2. The molecule has 1 aromatic heterocycles. The molecule has 2 aromatic carbocycles. The standard InChI is InChI=1S/C18H14F2N2O2/c1-24-14-5-6-15(16(20)10-14)17-7-8-18(23)22(21-17)11-12-3-2-4-13(19)9-12/h2-10H,11H2,1H3. The highest BCUT2D eigenvalue weighted by Gasteiger charge is 2.10. The predicted octanol–water partition coefficient (Wildman–Crippen LogP) is 3.25. The topological polar surface area (TPSA) is 44.1 Å². The van der Waals surface area contributed by atoms with E-state index in [9.17, 15) is 13.6 Å². The lowest BCUT2D eigenvalue weighted by atomic mass is 10.1. The molecule has 3 aromatic rings. The zero-order valence-electron chi connectivity index (χ0n) is 12.9. The summed E-state index contributed by atoms with van der Waals surface area (Å²) >= 11 is 0. The Kier molecular flexibility index (Phi) is 4.37. The van der Waals surface area contributed by atoms with E-state index >= 15 is 0 Å². The molecule has 0 spiro atoms. The van der Waals surface area contributed by atoms with Crippen LogP contribution >= 0.6 is 0 Å². The molecule has 0 saturated heterocycles. The summed E-state index contributed by atoms with van der Waals surface area (Å²) in [6, 6.07) is 13.1. The Morgan fingerprint density at radius 2 is 1.92 bits per heavy atom. The normalized spacial score (nSPS) is 10.6. The molecule has 4 nitrogen and oxygen atoms in total. The zero-order valence-corrected chi connectivity index (χ0v) is 12.9. The van der Waals surface area contributed by atoms with Crippen LogP contribution in [0.5, 0.6) is 5.75 Å². The van der Waals surface area contributed by atoms with Gasteiger partial charge in [-0.15, -0.1) is 0 Å². The number of halogens is 2. The molecule has 0 fully saturated rings. The third-order valence-corrected chi connectivity index (χ3v) is 3.54. The van der Waals surface area contributed by atoms with Gasteiger partial charge < -0.3 is 4.74 Å². The van der Waals surface area contributed by atoms with Crippen molar-refractivity contribution in [1.29, 1.82) is 0 Å². The Morgan fingerprint density at radius 1 is 1.08 bits per heavy atom. The zero-order chi connectivity index (χ0) is 17.1. The number of aromatic nitrogens is 2. The first-order chi connectivity index (χ1) is 11.6. The lowest BCUT2D eigenvalue weighted by Gasteiger charge is -2.09. The number of ether oxygens (including phenoxy) is 1. The molecule has 6 heteroatoms. The Labute approximate surface area is 136 Å². The van der Waals surface area contributed by atoms with Gasteiger partial charge in [-0.1, -0.05) is 12.1 Å². The van der Waals surface area contributed by atoms with Gasteiger partial charge in [-0.3, -0.25) is 4.79 Å². The fourth-order valence-electron chi connectivity index (χ4n) is 2.34. The quantitative estimate of drug-likeness (QED) is 0.738. The lowest BCUT2D eigenvalue weighted by Crippen LogP contribution is -2.23. The largest absolute Gasteiger partial charge is 0.497 e. The van der Waals surface area contributed by atoms with Crippen LogP contribution in [0.4, 0.5) is 8.78 Å². The van der Waals surface area contributed by atoms with E-state index in [4.69, 9.17) is 4.74 Å². The highest BCUT2D eigenvalue weighted by Crippen LogP contribution is 2.24. The number of nitrogens with zero attached hydrogens (tertiary/aromatic N) is 2. The molecule has 0 aliphatic heterocycles. The van der Waals surface area contributed by atoms with E-state index in [0.717, 1.165) is 0 Å². The second kappa shape index (κ2) is 6.62. The van der Waals surface area contributed by atoms with Gasteiger partial charge >= 0.3 is 0 Å². The first-order valence-electron chi connectivity index (χ1n) is 7.23. The average molecular weight is 328 g/mol. The maximum Gasteiger partial charge on any atom is 0.267 e. The summed E-state index contributed by atoms with van der Waals surface area (Å²) in [5.41, 5.74) is 0.809. The van der Waals surface area contributed by atoms with Crippen molar-refractivity contribution in [2.45, 2.75) is 6.54 Å². The SMILES string of the molecule is COc1ccc(-c2ccc(=O)n(Cc3cccc(F)c3)n2)c(F)c1. The van der Waals surface area contributed by atoms with E-state index in [1.165, 1.54) is 48.2 Å². The van der Waals surface area contributed by atoms with Crippen LogP contribution in [0.3, 0.4) is 0 Å². The van der Waals surface area contributed by atoms with E-state index in [1.54, 1.807) is 18.2 Å². The monoisotopic (exact) mass is 328 g/mol. The van der Waals surface area contributed by atoms with Crippen molar-refractivity contribution in [2.24, 2.45) is 0 Å². The summed E-state index contributed by atoms with van der Waals surface area (Å²) < 4.78 is 33.6. The Hall–Kier alpha value is -3.02. The molecule has 1 heterocycles. The highest BCUT2D eigenvalue weighted by atomic mass is 19.1. The fraction of sp³-hybridized carbons (Fsp3) is 0.111. The molecule has 122 valence electrons. The molecular formula is C18H14F2N2O2. The first kappa shape index (κ1) is 15.9. The van der Waals surface area contributed by atoms with Crippen LogP contribution < -0.4 is 10.3 Å². The van der Waals surface area contributed by atoms with Crippen LogP contribution in [0.25, 0.3) is 11.3 Å². The number of rotatable bonds is 4. The van der Waals surface area contributed by atoms with Gasteiger partial charge in [0.1, 0.15) is 17.4 Å². The van der Waals surface area contributed by atoms with Crippen LogP contribution in [0.1, 0.15) is 5.56 Å². The van der Waals surface area contributed by atoms with Gasteiger partial charge in [0, 0.05) is 17.7 Å². The Balaban J connectivity index is 1.99. The van der Waals surface area contributed by atoms with Crippen LogP contribution in [-0.2, 0) is 6.54 Å². The highest BCUT2D eigenvalue weighted by molar-refractivity contribution is 5.60. The number of hydrogen-bond acceptors (Lipinski definition) is 3. The molecule has 0 aliphatic rings. The summed E-state index contributed by atoms with van der Waals surface area (Å²) in [5.74, 6) is -0.500. The van der Waals surface area contributed by atoms with E-state index < -0.39 is 11.6 Å². The summed E-state index contributed by atoms with van der Waals surface area (Å²) in [6.45, 7) is 0.0994. The van der Waals surface area contributed by atoms with Crippen LogP contribution in [0.15, 0.2) is 59.4 Å². The van der Waals surface area contributed by atoms with Crippen molar-refractivity contribution in [3.05, 3.63) is 82.1 Å². The van der Waals surface area contributed by atoms with Crippen LogP contribution in [-0.4, -0.2) is 16.9 Å². The molecule has 0 amide bonds. The molecule has 0 N–H and O–H groups in total. The van der Waals surface area contributed by atoms with Crippen molar-refractivity contribution in [2.75, 3.05) is 7.11 Å². The third kappa shape index (κ3) is 3.32. The summed E-state index contributed by atoms with van der Waals surface area (Å²) in [5, 5.41) is 4.18. The minimum absolute atomic E-state index is 0.0994. The summed E-state index contributed by atoms with van der Waals surface area (Å²) in [6.07, 6.45) is 0. The van der Waals surface area contributed by atoms with Crippen LogP contribution in [0, 0.1) is 11.6 Å². The first-order valence-corrected chi connectivity index (χ1v) is 7.23. The van der Waals surface area contributed by atoms with Gasteiger partial charge in [-0.2, -0.15) is 5.10 Å². The van der Waals surface area contributed by atoms with Crippen molar-refractivity contribution in [3.8, 4) is 17.0 Å². The van der Waals surface area contributed by atoms with Gasteiger partial charge in [0.2, 0.25) is 0 Å². The van der Waals surface area contributed by atoms with Gasteiger partial charge in [0.05, 0.1) is 19.3 Å². The molecule has 0 saturated carbocycles. The lowest BCUT2D eigenvalue weighted by molar-refractivity contribution is 0.411. The van der Waals surface area contributed by atoms with Crippen LogP contribution in [0.2, 0.25) is 0 Å². The summed E-state index contributed by atoms with van der Waals surface area (Å²) in [7, 11) is 1.45. The number of hydrogen-bond donors (Lipinski definition) is 0.